The van der Waals surface area contributed by atoms with Gasteiger partial charge < -0.3 is 9.84 Å². The molecular formula is C21H17ClN2O2S. The van der Waals surface area contributed by atoms with Crippen molar-refractivity contribution in [2.75, 3.05) is 7.11 Å². The topological polar surface area (TPSA) is 55.2 Å². The lowest BCUT2D eigenvalue weighted by Crippen LogP contribution is -2.25. The molecule has 0 fully saturated rings. The molecule has 0 saturated heterocycles. The first-order chi connectivity index (χ1) is 13.0. The summed E-state index contributed by atoms with van der Waals surface area (Å²) in [7, 11) is 1.61. The molecule has 0 spiro atoms. The van der Waals surface area contributed by atoms with Crippen LogP contribution in [0.1, 0.15) is 18.2 Å². The van der Waals surface area contributed by atoms with Crippen molar-refractivity contribution in [3.8, 4) is 16.5 Å². The molecule has 2 aromatic carbocycles. The van der Waals surface area contributed by atoms with E-state index in [-0.39, 0.29) is 0 Å². The van der Waals surface area contributed by atoms with Crippen molar-refractivity contribution in [1.29, 1.82) is 0 Å². The Morgan fingerprint density at radius 2 is 1.74 bits per heavy atom. The van der Waals surface area contributed by atoms with Crippen molar-refractivity contribution in [2.45, 2.75) is 12.5 Å². The second kappa shape index (κ2) is 6.93. The molecule has 4 rings (SSSR count). The van der Waals surface area contributed by atoms with E-state index in [0.29, 0.717) is 15.9 Å². The van der Waals surface area contributed by atoms with Gasteiger partial charge in [0, 0.05) is 5.39 Å². The normalized spacial score (nSPS) is 13.5. The third-order valence-corrected chi connectivity index (χ3v) is 5.74. The fraction of sp³-hybridized carbons (Fsp3) is 0.143. The van der Waals surface area contributed by atoms with Gasteiger partial charge in [-0.3, -0.25) is 0 Å². The van der Waals surface area contributed by atoms with Gasteiger partial charge in [0.25, 0.3) is 0 Å². The van der Waals surface area contributed by atoms with Gasteiger partial charge >= 0.3 is 0 Å². The number of hydrogen-bond donors (Lipinski definition) is 1. The van der Waals surface area contributed by atoms with E-state index >= 15 is 0 Å². The summed E-state index contributed by atoms with van der Waals surface area (Å²) in [5, 5.41) is 12.3. The molecule has 0 aliphatic heterocycles. The molecule has 1 atom stereocenters. The van der Waals surface area contributed by atoms with Crippen LogP contribution in [0.2, 0.25) is 4.34 Å². The van der Waals surface area contributed by atoms with Crippen LogP contribution in [0.3, 0.4) is 0 Å². The molecule has 0 radical (unpaired) electrons. The number of para-hydroxylation sites is 1. The Hall–Kier alpha value is -2.47. The highest BCUT2D eigenvalue weighted by molar-refractivity contribution is 7.19. The number of aromatic nitrogens is 2. The molecule has 0 bridgehead atoms. The molecule has 6 heteroatoms. The Labute approximate surface area is 166 Å². The lowest BCUT2D eigenvalue weighted by atomic mass is 9.89. The van der Waals surface area contributed by atoms with Crippen molar-refractivity contribution in [2.24, 2.45) is 0 Å². The molecule has 4 nitrogen and oxygen atoms in total. The average molecular weight is 397 g/mol. The second-order valence-electron chi connectivity index (χ2n) is 6.32. The molecule has 27 heavy (non-hydrogen) atoms. The predicted molar refractivity (Wildman–Crippen MR) is 110 cm³/mol. The standard InChI is InChI=1S/C21H17ClN2O2S/c1-21(25,13-7-9-14(26-2)10-8-13)19-15-5-3-4-6-16(15)23-20(24-19)17-11-12-18(22)27-17/h3-12,25H,1-2H3. The maximum absolute atomic E-state index is 11.4. The number of rotatable bonds is 4. The second-order valence-corrected chi connectivity index (χ2v) is 8.03. The van der Waals surface area contributed by atoms with Crippen LogP contribution in [0, 0.1) is 0 Å². The Morgan fingerprint density at radius 1 is 1.00 bits per heavy atom. The first-order valence-electron chi connectivity index (χ1n) is 8.39. The third kappa shape index (κ3) is 3.30. The van der Waals surface area contributed by atoms with Crippen LogP contribution in [0.5, 0.6) is 5.75 Å². The Bertz CT molecular complexity index is 1110. The number of halogens is 1. The molecule has 0 saturated carbocycles. The zero-order valence-corrected chi connectivity index (χ0v) is 16.4. The highest BCUT2D eigenvalue weighted by Crippen LogP contribution is 2.36. The number of fused-ring (bicyclic) bond motifs is 1. The largest absolute Gasteiger partial charge is 0.497 e. The highest BCUT2D eigenvalue weighted by Gasteiger charge is 2.30. The van der Waals surface area contributed by atoms with Gasteiger partial charge in [0.05, 0.1) is 27.5 Å². The molecular weight excluding hydrogens is 380 g/mol. The van der Waals surface area contributed by atoms with Crippen molar-refractivity contribution in [3.05, 3.63) is 76.3 Å². The monoisotopic (exact) mass is 396 g/mol. The zero-order chi connectivity index (χ0) is 19.0. The van der Waals surface area contributed by atoms with Gasteiger partial charge in [-0.2, -0.15) is 0 Å². The van der Waals surface area contributed by atoms with Crippen LogP contribution in [-0.2, 0) is 5.60 Å². The minimum atomic E-state index is -1.30. The van der Waals surface area contributed by atoms with E-state index in [1.807, 2.05) is 60.7 Å². The molecule has 0 aliphatic rings. The van der Waals surface area contributed by atoms with Crippen molar-refractivity contribution in [3.63, 3.8) is 0 Å². The fourth-order valence-corrected chi connectivity index (χ4v) is 4.02. The Morgan fingerprint density at radius 3 is 2.41 bits per heavy atom. The van der Waals surface area contributed by atoms with E-state index in [1.165, 1.54) is 11.3 Å². The summed E-state index contributed by atoms with van der Waals surface area (Å²) in [4.78, 5) is 10.3. The average Bonchev–Trinajstić information content (AvgIpc) is 3.13. The van der Waals surface area contributed by atoms with Crippen LogP contribution in [0.15, 0.2) is 60.7 Å². The first-order valence-corrected chi connectivity index (χ1v) is 9.58. The molecule has 0 aliphatic carbocycles. The van der Waals surface area contributed by atoms with Crippen LogP contribution in [0.4, 0.5) is 0 Å². The van der Waals surface area contributed by atoms with Crippen LogP contribution < -0.4 is 4.74 Å². The number of methoxy groups -OCH3 is 1. The summed E-state index contributed by atoms with van der Waals surface area (Å²) < 4.78 is 5.89. The maximum Gasteiger partial charge on any atom is 0.170 e. The first kappa shape index (κ1) is 17.9. The van der Waals surface area contributed by atoms with E-state index in [4.69, 9.17) is 21.3 Å². The molecule has 4 aromatic rings. The molecule has 2 heterocycles. The maximum atomic E-state index is 11.4. The SMILES string of the molecule is COc1ccc(C(C)(O)c2nc(-c3ccc(Cl)s3)nc3ccccc23)cc1. The lowest BCUT2D eigenvalue weighted by molar-refractivity contribution is 0.0991. The molecule has 2 aromatic heterocycles. The smallest absolute Gasteiger partial charge is 0.170 e. The fourth-order valence-electron chi connectivity index (χ4n) is 3.04. The number of thiophene rings is 1. The summed E-state index contributed by atoms with van der Waals surface area (Å²) >= 11 is 7.50. The van der Waals surface area contributed by atoms with Gasteiger partial charge in [-0.1, -0.05) is 41.9 Å². The molecule has 1 N–H and O–H groups in total. The third-order valence-electron chi connectivity index (χ3n) is 4.51. The van der Waals surface area contributed by atoms with Crippen LogP contribution in [-0.4, -0.2) is 22.2 Å². The number of aliphatic hydroxyl groups is 1. The Balaban J connectivity index is 1.93. The summed E-state index contributed by atoms with van der Waals surface area (Å²) in [6.07, 6.45) is 0. The van der Waals surface area contributed by atoms with Crippen molar-refractivity contribution < 1.29 is 9.84 Å². The number of hydrogen-bond acceptors (Lipinski definition) is 5. The quantitative estimate of drug-likeness (QED) is 0.510. The summed E-state index contributed by atoms with van der Waals surface area (Å²) in [6, 6.07) is 18.7. The number of nitrogens with zero attached hydrogens (tertiary/aromatic N) is 2. The van der Waals surface area contributed by atoms with Gasteiger partial charge in [-0.05, 0) is 42.8 Å². The van der Waals surface area contributed by atoms with Gasteiger partial charge in [-0.15, -0.1) is 11.3 Å². The zero-order valence-electron chi connectivity index (χ0n) is 14.8. The molecule has 136 valence electrons. The highest BCUT2D eigenvalue weighted by atomic mass is 35.5. The lowest BCUT2D eigenvalue weighted by Gasteiger charge is -2.25. The summed E-state index contributed by atoms with van der Waals surface area (Å²) in [6.45, 7) is 1.74. The van der Waals surface area contributed by atoms with Gasteiger partial charge in [-0.25, -0.2) is 9.97 Å². The predicted octanol–water partition coefficient (Wildman–Crippen LogP) is 5.28. The van der Waals surface area contributed by atoms with Gasteiger partial charge in [0.15, 0.2) is 5.82 Å². The van der Waals surface area contributed by atoms with Crippen LogP contribution in [0.25, 0.3) is 21.6 Å². The van der Waals surface area contributed by atoms with Gasteiger partial charge in [0.1, 0.15) is 11.4 Å². The number of benzene rings is 2. The van der Waals surface area contributed by atoms with Gasteiger partial charge in [0.2, 0.25) is 0 Å². The van der Waals surface area contributed by atoms with Crippen molar-refractivity contribution in [1.82, 2.24) is 9.97 Å². The Kier molecular flexibility index (Phi) is 4.60. The summed E-state index contributed by atoms with van der Waals surface area (Å²) in [5.41, 5.74) is 0.751. The minimum Gasteiger partial charge on any atom is -0.497 e. The van der Waals surface area contributed by atoms with E-state index < -0.39 is 5.60 Å². The van der Waals surface area contributed by atoms with E-state index in [2.05, 4.69) is 4.98 Å². The minimum absolute atomic E-state index is 0.550. The van der Waals surface area contributed by atoms with E-state index in [0.717, 1.165) is 27.1 Å². The summed E-state index contributed by atoms with van der Waals surface area (Å²) in [5.74, 6) is 1.28. The molecule has 0 amide bonds. The van der Waals surface area contributed by atoms with Crippen LogP contribution >= 0.6 is 22.9 Å². The number of ether oxygens (including phenoxy) is 1. The van der Waals surface area contributed by atoms with E-state index in [9.17, 15) is 5.11 Å². The molecule has 1 unspecified atom stereocenters. The van der Waals surface area contributed by atoms with E-state index in [1.54, 1.807) is 14.0 Å². The van der Waals surface area contributed by atoms with Crippen molar-refractivity contribution >= 4 is 33.8 Å².